The Hall–Kier alpha value is -2.13. The first-order chi connectivity index (χ1) is 14.3. The summed E-state index contributed by atoms with van der Waals surface area (Å²) in [5.41, 5.74) is -0.851. The molecule has 2 heterocycles. The quantitative estimate of drug-likeness (QED) is 0.709. The number of benzene rings is 1. The van der Waals surface area contributed by atoms with Gasteiger partial charge in [0.1, 0.15) is 0 Å². The predicted octanol–water partition coefficient (Wildman–Crippen LogP) is 2.40. The summed E-state index contributed by atoms with van der Waals surface area (Å²) in [6.07, 6.45) is -2.34. The van der Waals surface area contributed by atoms with E-state index < -0.39 is 17.6 Å². The lowest BCUT2D eigenvalue weighted by atomic mass is 9.96. The highest BCUT2D eigenvalue weighted by molar-refractivity contribution is 5.95. The number of piperidine rings is 1. The van der Waals surface area contributed by atoms with Gasteiger partial charge < -0.3 is 15.0 Å². The molecule has 0 unspecified atom stereocenters. The monoisotopic (exact) mass is 427 g/mol. The van der Waals surface area contributed by atoms with Crippen LogP contribution in [0.4, 0.5) is 13.2 Å². The van der Waals surface area contributed by atoms with Gasteiger partial charge in [0.05, 0.1) is 24.7 Å². The van der Waals surface area contributed by atoms with Gasteiger partial charge in [-0.15, -0.1) is 0 Å². The van der Waals surface area contributed by atoms with Gasteiger partial charge in [0.15, 0.2) is 0 Å². The molecule has 0 aliphatic carbocycles. The van der Waals surface area contributed by atoms with Crippen molar-refractivity contribution < 1.29 is 27.5 Å². The number of ether oxygens (including phenoxy) is 1. The second kappa shape index (κ2) is 10.3. The summed E-state index contributed by atoms with van der Waals surface area (Å²) in [7, 11) is 0. The number of hydrogen-bond donors (Lipinski definition) is 1. The largest absolute Gasteiger partial charge is 0.416 e. The minimum absolute atomic E-state index is 0.00334. The number of carbonyl (C=O) groups excluding carboxylic acids is 2. The summed E-state index contributed by atoms with van der Waals surface area (Å²) in [5, 5.41) is 2.94. The maximum atomic E-state index is 12.9. The number of rotatable bonds is 6. The summed E-state index contributed by atoms with van der Waals surface area (Å²) in [6.45, 7) is 5.42. The fourth-order valence-corrected chi connectivity index (χ4v) is 3.87. The number of nitrogens with zero attached hydrogens (tertiary/aromatic N) is 2. The van der Waals surface area contributed by atoms with E-state index in [0.29, 0.717) is 25.9 Å². The Bertz CT molecular complexity index is 736. The van der Waals surface area contributed by atoms with Gasteiger partial charge in [-0.3, -0.25) is 14.5 Å². The normalized spacial score (nSPS) is 20.8. The summed E-state index contributed by atoms with van der Waals surface area (Å²) < 4.78 is 44.1. The molecule has 9 heteroatoms. The minimum atomic E-state index is -4.50. The number of alkyl halides is 3. The zero-order chi connectivity index (χ0) is 21.6. The number of nitrogens with one attached hydrogen (secondary N) is 1. The Labute approximate surface area is 174 Å². The lowest BCUT2D eigenvalue weighted by Crippen LogP contribution is -2.46. The average molecular weight is 427 g/mol. The van der Waals surface area contributed by atoms with Crippen LogP contribution in [0, 0.1) is 5.92 Å². The van der Waals surface area contributed by atoms with Gasteiger partial charge in [-0.25, -0.2) is 0 Å². The fourth-order valence-electron chi connectivity index (χ4n) is 3.87. The highest BCUT2D eigenvalue weighted by Gasteiger charge is 2.33. The number of hydrogen-bond acceptors (Lipinski definition) is 4. The summed E-state index contributed by atoms with van der Waals surface area (Å²) >= 11 is 0. The topological polar surface area (TPSA) is 61.9 Å². The van der Waals surface area contributed by atoms with Crippen LogP contribution in [0.5, 0.6) is 0 Å². The third-order valence-corrected chi connectivity index (χ3v) is 5.57. The van der Waals surface area contributed by atoms with E-state index in [2.05, 4.69) is 10.2 Å². The average Bonchev–Trinajstić information content (AvgIpc) is 2.76. The van der Waals surface area contributed by atoms with Crippen molar-refractivity contribution in [3.63, 3.8) is 0 Å². The van der Waals surface area contributed by atoms with Crippen LogP contribution in [-0.4, -0.2) is 74.1 Å². The molecule has 1 aromatic carbocycles. The van der Waals surface area contributed by atoms with Crippen molar-refractivity contribution in [1.29, 1.82) is 0 Å². The van der Waals surface area contributed by atoms with Crippen molar-refractivity contribution in [3.05, 3.63) is 35.4 Å². The van der Waals surface area contributed by atoms with E-state index >= 15 is 0 Å². The lowest BCUT2D eigenvalue weighted by molar-refractivity contribution is -0.137. The number of carbonyl (C=O) groups is 2. The predicted molar refractivity (Wildman–Crippen MR) is 105 cm³/mol. The van der Waals surface area contributed by atoms with Crippen molar-refractivity contribution in [3.8, 4) is 0 Å². The molecule has 2 fully saturated rings. The lowest BCUT2D eigenvalue weighted by Gasteiger charge is -2.32. The molecule has 0 aromatic heterocycles. The SMILES string of the molecule is O=C(NCCCN1CCOCC1)[C@H]1CCCN(C(=O)c2cccc(C(F)(F)F)c2)C1. The molecule has 2 aliphatic heterocycles. The van der Waals surface area contributed by atoms with E-state index in [4.69, 9.17) is 4.74 Å². The van der Waals surface area contributed by atoms with Crippen LogP contribution in [0.3, 0.4) is 0 Å². The smallest absolute Gasteiger partial charge is 0.379 e. The third kappa shape index (κ3) is 6.18. The molecule has 2 aliphatic rings. The van der Waals surface area contributed by atoms with Gasteiger partial charge in [0.2, 0.25) is 5.91 Å². The Kier molecular flexibility index (Phi) is 7.71. The first-order valence-electron chi connectivity index (χ1n) is 10.4. The second-order valence-electron chi connectivity index (χ2n) is 7.77. The summed E-state index contributed by atoms with van der Waals surface area (Å²) in [4.78, 5) is 29.0. The maximum absolute atomic E-state index is 12.9. The molecule has 2 amide bonds. The molecule has 1 aromatic rings. The second-order valence-corrected chi connectivity index (χ2v) is 7.77. The van der Waals surface area contributed by atoms with Crippen molar-refractivity contribution in [1.82, 2.24) is 15.1 Å². The number of halogens is 3. The standard InChI is InChI=1S/C21H28F3N3O3/c22-21(23,24)18-6-1-4-16(14-18)20(29)27-9-2-5-17(15-27)19(28)25-7-3-8-26-10-12-30-13-11-26/h1,4,6,14,17H,2-3,5,7-13,15H2,(H,25,28)/t17-/m0/s1. The van der Waals surface area contributed by atoms with Crippen molar-refractivity contribution in [2.24, 2.45) is 5.92 Å². The van der Waals surface area contributed by atoms with Gasteiger partial charge >= 0.3 is 6.18 Å². The summed E-state index contributed by atoms with van der Waals surface area (Å²) in [5.74, 6) is -0.902. The van der Waals surface area contributed by atoms with Crippen LogP contribution in [0.1, 0.15) is 35.2 Å². The van der Waals surface area contributed by atoms with E-state index in [9.17, 15) is 22.8 Å². The van der Waals surface area contributed by atoms with Gasteiger partial charge in [-0.2, -0.15) is 13.2 Å². The van der Waals surface area contributed by atoms with Crippen LogP contribution in [0.25, 0.3) is 0 Å². The van der Waals surface area contributed by atoms with Gasteiger partial charge in [0, 0.05) is 38.3 Å². The van der Waals surface area contributed by atoms with Crippen molar-refractivity contribution in [2.75, 3.05) is 52.5 Å². The van der Waals surface area contributed by atoms with E-state index in [1.54, 1.807) is 0 Å². The van der Waals surface area contributed by atoms with Crippen LogP contribution >= 0.6 is 0 Å². The molecule has 6 nitrogen and oxygen atoms in total. The third-order valence-electron chi connectivity index (χ3n) is 5.57. The van der Waals surface area contributed by atoms with E-state index in [-0.39, 0.29) is 23.9 Å². The molecular formula is C21H28F3N3O3. The molecule has 0 bridgehead atoms. The molecule has 0 spiro atoms. The Morgan fingerprint density at radius 1 is 1.17 bits per heavy atom. The van der Waals surface area contributed by atoms with E-state index in [0.717, 1.165) is 51.4 Å². The van der Waals surface area contributed by atoms with Crippen LogP contribution in [0.15, 0.2) is 24.3 Å². The van der Waals surface area contributed by atoms with E-state index in [1.165, 1.54) is 17.0 Å². The van der Waals surface area contributed by atoms with Gasteiger partial charge in [0.25, 0.3) is 5.91 Å². The number of likely N-dealkylation sites (tertiary alicyclic amines) is 1. The zero-order valence-corrected chi connectivity index (χ0v) is 16.9. The van der Waals surface area contributed by atoms with Crippen molar-refractivity contribution >= 4 is 11.8 Å². The van der Waals surface area contributed by atoms with Crippen molar-refractivity contribution in [2.45, 2.75) is 25.4 Å². The minimum Gasteiger partial charge on any atom is -0.379 e. The number of amides is 2. The first-order valence-corrected chi connectivity index (χ1v) is 10.4. The Morgan fingerprint density at radius 3 is 2.67 bits per heavy atom. The Morgan fingerprint density at radius 2 is 1.93 bits per heavy atom. The molecule has 0 saturated carbocycles. The van der Waals surface area contributed by atoms with Crippen LogP contribution in [-0.2, 0) is 15.7 Å². The highest BCUT2D eigenvalue weighted by atomic mass is 19.4. The first kappa shape index (κ1) is 22.6. The summed E-state index contributed by atoms with van der Waals surface area (Å²) in [6, 6.07) is 4.43. The molecule has 3 rings (SSSR count). The highest BCUT2D eigenvalue weighted by Crippen LogP contribution is 2.30. The molecule has 1 N–H and O–H groups in total. The van der Waals surface area contributed by atoms with Crippen LogP contribution < -0.4 is 5.32 Å². The molecular weight excluding hydrogens is 399 g/mol. The molecule has 2 saturated heterocycles. The molecule has 0 radical (unpaired) electrons. The van der Waals surface area contributed by atoms with Gasteiger partial charge in [-0.05, 0) is 44.0 Å². The molecule has 30 heavy (non-hydrogen) atoms. The van der Waals surface area contributed by atoms with Crippen LogP contribution in [0.2, 0.25) is 0 Å². The molecule has 1 atom stereocenters. The van der Waals surface area contributed by atoms with Gasteiger partial charge in [-0.1, -0.05) is 6.07 Å². The molecule has 166 valence electrons. The number of morpholine rings is 1. The Balaban J connectivity index is 1.48. The fraction of sp³-hybridized carbons (Fsp3) is 0.619. The zero-order valence-electron chi connectivity index (χ0n) is 16.9. The maximum Gasteiger partial charge on any atom is 0.416 e. The van der Waals surface area contributed by atoms with E-state index in [1.807, 2.05) is 0 Å².